The molecule has 0 saturated heterocycles. The summed E-state index contributed by atoms with van der Waals surface area (Å²) in [6.45, 7) is 3.92. The maximum atomic E-state index is 10.5. The van der Waals surface area contributed by atoms with E-state index < -0.39 is 5.97 Å². The van der Waals surface area contributed by atoms with Gasteiger partial charge in [-0.3, -0.25) is 4.79 Å². The van der Waals surface area contributed by atoms with Gasteiger partial charge in [-0.1, -0.05) is 6.07 Å². The Morgan fingerprint density at radius 1 is 1.38 bits per heavy atom. The van der Waals surface area contributed by atoms with Gasteiger partial charge in [-0.05, 0) is 38.5 Å². The van der Waals surface area contributed by atoms with Gasteiger partial charge in [-0.25, -0.2) is 0 Å². The summed E-state index contributed by atoms with van der Waals surface area (Å²) < 4.78 is 11.2. The molecular weight excluding hydrogens is 272 g/mol. The van der Waals surface area contributed by atoms with Crippen molar-refractivity contribution in [1.82, 2.24) is 10.2 Å². The molecule has 0 aliphatic rings. The number of hydrogen-bond acceptors (Lipinski definition) is 5. The van der Waals surface area contributed by atoms with E-state index in [-0.39, 0.29) is 12.5 Å². The van der Waals surface area contributed by atoms with E-state index in [0.717, 1.165) is 11.3 Å². The molecule has 0 atom stereocenters. The average molecular weight is 290 g/mol. The van der Waals surface area contributed by atoms with E-state index in [0.29, 0.717) is 24.6 Å². The number of benzene rings is 1. The largest absolute Gasteiger partial charge is 0.491 e. The van der Waals surface area contributed by atoms with Crippen LogP contribution in [0.15, 0.2) is 28.7 Å². The molecule has 1 aromatic carbocycles. The standard InChI is InChI=1S/C15H18N2O4/c1-10(2)20-12-6-3-5-11(9-12)15-17-16-13(21-15)7-4-8-14(18)19/h3,5-6,9-10H,4,7-8H2,1-2H3,(H,18,19). The summed E-state index contributed by atoms with van der Waals surface area (Å²) in [4.78, 5) is 10.5. The molecule has 2 aromatic rings. The van der Waals surface area contributed by atoms with Crippen molar-refractivity contribution in [3.63, 3.8) is 0 Å². The highest BCUT2D eigenvalue weighted by atomic mass is 16.5. The fraction of sp³-hybridized carbons (Fsp3) is 0.400. The number of carboxylic acid groups (broad SMARTS) is 1. The SMILES string of the molecule is CC(C)Oc1cccc(-c2nnc(CCCC(=O)O)o2)c1. The highest BCUT2D eigenvalue weighted by Crippen LogP contribution is 2.23. The van der Waals surface area contributed by atoms with Gasteiger partial charge in [0.05, 0.1) is 6.10 Å². The summed E-state index contributed by atoms with van der Waals surface area (Å²) in [5, 5.41) is 16.5. The molecule has 0 radical (unpaired) electrons. The second-order valence-electron chi connectivity index (χ2n) is 4.94. The Labute approximate surface area is 122 Å². The van der Waals surface area contributed by atoms with Crippen LogP contribution in [0.1, 0.15) is 32.6 Å². The van der Waals surface area contributed by atoms with Crippen LogP contribution in [0.25, 0.3) is 11.5 Å². The number of rotatable bonds is 7. The highest BCUT2D eigenvalue weighted by molar-refractivity contribution is 5.66. The van der Waals surface area contributed by atoms with Crippen molar-refractivity contribution in [3.8, 4) is 17.2 Å². The molecule has 0 unspecified atom stereocenters. The Morgan fingerprint density at radius 3 is 2.90 bits per heavy atom. The summed E-state index contributed by atoms with van der Waals surface area (Å²) in [6, 6.07) is 7.44. The molecule has 0 bridgehead atoms. The van der Waals surface area contributed by atoms with E-state index >= 15 is 0 Å². The lowest BCUT2D eigenvalue weighted by Crippen LogP contribution is -2.05. The van der Waals surface area contributed by atoms with Gasteiger partial charge in [0.25, 0.3) is 0 Å². The number of hydrogen-bond donors (Lipinski definition) is 1. The molecule has 0 spiro atoms. The van der Waals surface area contributed by atoms with Crippen molar-refractivity contribution in [2.24, 2.45) is 0 Å². The minimum Gasteiger partial charge on any atom is -0.491 e. The van der Waals surface area contributed by atoms with Crippen LogP contribution in [0.4, 0.5) is 0 Å². The van der Waals surface area contributed by atoms with Crippen molar-refractivity contribution in [2.45, 2.75) is 39.2 Å². The lowest BCUT2D eigenvalue weighted by molar-refractivity contribution is -0.137. The highest BCUT2D eigenvalue weighted by Gasteiger charge is 2.10. The Morgan fingerprint density at radius 2 is 2.19 bits per heavy atom. The van der Waals surface area contributed by atoms with Gasteiger partial charge >= 0.3 is 5.97 Å². The third-order valence-electron chi connectivity index (χ3n) is 2.70. The van der Waals surface area contributed by atoms with E-state index in [9.17, 15) is 4.79 Å². The first kappa shape index (κ1) is 15.0. The molecule has 6 heteroatoms. The Bertz CT molecular complexity index is 607. The third kappa shape index (κ3) is 4.59. The zero-order chi connectivity index (χ0) is 15.2. The van der Waals surface area contributed by atoms with Crippen LogP contribution in [-0.2, 0) is 11.2 Å². The normalized spacial score (nSPS) is 10.8. The predicted molar refractivity (Wildman–Crippen MR) is 76.1 cm³/mol. The molecule has 1 N–H and O–H groups in total. The zero-order valence-electron chi connectivity index (χ0n) is 12.1. The van der Waals surface area contributed by atoms with Crippen LogP contribution in [0.3, 0.4) is 0 Å². The van der Waals surface area contributed by atoms with Crippen LogP contribution in [0.5, 0.6) is 5.75 Å². The molecule has 0 fully saturated rings. The Hall–Kier alpha value is -2.37. The molecule has 2 rings (SSSR count). The third-order valence-corrected chi connectivity index (χ3v) is 2.70. The monoisotopic (exact) mass is 290 g/mol. The lowest BCUT2D eigenvalue weighted by Gasteiger charge is -2.09. The van der Waals surface area contributed by atoms with Crippen molar-refractivity contribution < 1.29 is 19.1 Å². The zero-order valence-corrected chi connectivity index (χ0v) is 12.1. The molecule has 112 valence electrons. The molecule has 21 heavy (non-hydrogen) atoms. The summed E-state index contributed by atoms with van der Waals surface area (Å²) in [5.41, 5.74) is 0.783. The van der Waals surface area contributed by atoms with Gasteiger partial charge in [0.2, 0.25) is 11.8 Å². The van der Waals surface area contributed by atoms with Crippen molar-refractivity contribution in [1.29, 1.82) is 0 Å². The summed E-state index contributed by atoms with van der Waals surface area (Å²) in [7, 11) is 0. The Balaban J connectivity index is 2.05. The van der Waals surface area contributed by atoms with Gasteiger partial charge in [0.1, 0.15) is 5.75 Å². The maximum Gasteiger partial charge on any atom is 0.303 e. The van der Waals surface area contributed by atoms with E-state index in [1.165, 1.54) is 0 Å². The fourth-order valence-corrected chi connectivity index (χ4v) is 1.84. The molecule has 0 aliphatic carbocycles. The first-order chi connectivity index (χ1) is 10.0. The number of aryl methyl sites for hydroxylation is 1. The maximum absolute atomic E-state index is 10.5. The molecule has 1 heterocycles. The van der Waals surface area contributed by atoms with Crippen LogP contribution in [0, 0.1) is 0 Å². The number of aliphatic carboxylic acids is 1. The minimum absolute atomic E-state index is 0.0921. The first-order valence-corrected chi connectivity index (χ1v) is 6.86. The quantitative estimate of drug-likeness (QED) is 0.843. The van der Waals surface area contributed by atoms with E-state index in [1.54, 1.807) is 0 Å². The molecule has 0 aliphatic heterocycles. The van der Waals surface area contributed by atoms with Gasteiger partial charge in [0, 0.05) is 18.4 Å². The summed E-state index contributed by atoms with van der Waals surface area (Å²) in [5.74, 6) is 0.775. The molecule has 1 aromatic heterocycles. The molecule has 0 saturated carbocycles. The number of aromatic nitrogens is 2. The number of nitrogens with zero attached hydrogens (tertiary/aromatic N) is 2. The lowest BCUT2D eigenvalue weighted by atomic mass is 10.2. The van der Waals surface area contributed by atoms with Gasteiger partial charge < -0.3 is 14.3 Å². The average Bonchev–Trinajstić information content (AvgIpc) is 2.86. The smallest absolute Gasteiger partial charge is 0.303 e. The van der Waals surface area contributed by atoms with Crippen molar-refractivity contribution in [2.75, 3.05) is 0 Å². The summed E-state index contributed by atoms with van der Waals surface area (Å²) in [6.07, 6.45) is 1.12. The number of carbonyl (C=O) groups is 1. The van der Waals surface area contributed by atoms with Crippen LogP contribution in [0.2, 0.25) is 0 Å². The van der Waals surface area contributed by atoms with Gasteiger partial charge in [0.15, 0.2) is 0 Å². The second-order valence-corrected chi connectivity index (χ2v) is 4.94. The van der Waals surface area contributed by atoms with Crippen LogP contribution < -0.4 is 4.74 Å². The topological polar surface area (TPSA) is 85.5 Å². The Kier molecular flexibility index (Phi) is 4.92. The van der Waals surface area contributed by atoms with E-state index in [4.69, 9.17) is 14.3 Å². The van der Waals surface area contributed by atoms with Crippen molar-refractivity contribution >= 4 is 5.97 Å². The van der Waals surface area contributed by atoms with E-state index in [1.807, 2.05) is 38.1 Å². The fourth-order valence-electron chi connectivity index (χ4n) is 1.84. The second kappa shape index (κ2) is 6.88. The number of carboxylic acids is 1. The number of ether oxygens (including phenoxy) is 1. The molecule has 6 nitrogen and oxygen atoms in total. The van der Waals surface area contributed by atoms with Crippen LogP contribution in [-0.4, -0.2) is 27.4 Å². The van der Waals surface area contributed by atoms with Gasteiger partial charge in [-0.15, -0.1) is 10.2 Å². The van der Waals surface area contributed by atoms with Crippen LogP contribution >= 0.6 is 0 Å². The molecular formula is C15H18N2O4. The molecule has 0 amide bonds. The van der Waals surface area contributed by atoms with Crippen molar-refractivity contribution in [3.05, 3.63) is 30.2 Å². The van der Waals surface area contributed by atoms with Gasteiger partial charge in [-0.2, -0.15) is 0 Å². The summed E-state index contributed by atoms with van der Waals surface area (Å²) >= 11 is 0. The first-order valence-electron chi connectivity index (χ1n) is 6.86. The predicted octanol–water partition coefficient (Wildman–Crippen LogP) is 2.93. The minimum atomic E-state index is -0.826. The van der Waals surface area contributed by atoms with E-state index in [2.05, 4.69) is 10.2 Å².